The van der Waals surface area contributed by atoms with Gasteiger partial charge < -0.3 is 5.32 Å². The van der Waals surface area contributed by atoms with Crippen molar-refractivity contribution >= 4 is 11.6 Å². The van der Waals surface area contributed by atoms with Gasteiger partial charge >= 0.3 is 0 Å². The summed E-state index contributed by atoms with van der Waals surface area (Å²) in [5, 5.41) is 4.53. The molecular formula is C17H27ClN2. The Morgan fingerprint density at radius 1 is 1.25 bits per heavy atom. The largest absolute Gasteiger partial charge is 0.309 e. The second-order valence-electron chi connectivity index (χ2n) is 5.71. The van der Waals surface area contributed by atoms with Gasteiger partial charge in [0.2, 0.25) is 0 Å². The van der Waals surface area contributed by atoms with Crippen molar-refractivity contribution in [2.24, 2.45) is 0 Å². The topological polar surface area (TPSA) is 15.3 Å². The van der Waals surface area contributed by atoms with Crippen LogP contribution in [0.15, 0.2) is 24.3 Å². The summed E-state index contributed by atoms with van der Waals surface area (Å²) in [6.45, 7) is 7.91. The fourth-order valence-corrected chi connectivity index (χ4v) is 2.92. The van der Waals surface area contributed by atoms with E-state index in [0.717, 1.165) is 24.2 Å². The fourth-order valence-electron chi connectivity index (χ4n) is 2.79. The van der Waals surface area contributed by atoms with E-state index in [-0.39, 0.29) is 0 Å². The number of likely N-dealkylation sites (N-methyl/N-ethyl adjacent to an activating group) is 1. The van der Waals surface area contributed by atoms with Gasteiger partial charge in [0.25, 0.3) is 0 Å². The Bertz CT molecular complexity index is 386. The maximum Gasteiger partial charge on any atom is 0.0406 e. The summed E-state index contributed by atoms with van der Waals surface area (Å²) in [6, 6.07) is 9.59. The first kappa shape index (κ1) is 15.8. The Hall–Kier alpha value is -0.570. The lowest BCUT2D eigenvalue weighted by Gasteiger charge is -2.23. The highest BCUT2D eigenvalue weighted by atomic mass is 35.5. The van der Waals surface area contributed by atoms with Crippen molar-refractivity contribution in [2.45, 2.75) is 51.6 Å². The molecule has 1 aromatic carbocycles. The van der Waals surface area contributed by atoms with E-state index in [1.54, 1.807) is 0 Å². The van der Waals surface area contributed by atoms with Crippen LogP contribution in [-0.4, -0.2) is 30.6 Å². The highest BCUT2D eigenvalue weighted by Crippen LogP contribution is 2.26. The molecule has 112 valence electrons. The first-order valence-electron chi connectivity index (χ1n) is 7.97. The van der Waals surface area contributed by atoms with E-state index in [9.17, 15) is 0 Å². The third-order valence-corrected chi connectivity index (χ3v) is 4.36. The predicted molar refractivity (Wildman–Crippen MR) is 87.4 cm³/mol. The molecule has 2 nitrogen and oxygen atoms in total. The van der Waals surface area contributed by atoms with Gasteiger partial charge in [-0.2, -0.15) is 0 Å². The van der Waals surface area contributed by atoms with Gasteiger partial charge in [0, 0.05) is 30.2 Å². The van der Waals surface area contributed by atoms with E-state index >= 15 is 0 Å². The predicted octanol–water partition coefficient (Wildman–Crippen LogP) is 4.26. The molecule has 1 aromatic rings. The number of rotatable bonds is 9. The lowest BCUT2D eigenvalue weighted by Crippen LogP contribution is -2.35. The van der Waals surface area contributed by atoms with Crippen molar-refractivity contribution in [1.82, 2.24) is 10.2 Å². The van der Waals surface area contributed by atoms with Crippen LogP contribution in [0.3, 0.4) is 0 Å². The van der Waals surface area contributed by atoms with Gasteiger partial charge in [-0.05, 0) is 43.5 Å². The molecule has 0 saturated heterocycles. The van der Waals surface area contributed by atoms with E-state index in [2.05, 4.69) is 36.2 Å². The maximum absolute atomic E-state index is 5.97. The molecular weight excluding hydrogens is 268 g/mol. The van der Waals surface area contributed by atoms with Crippen LogP contribution >= 0.6 is 11.6 Å². The van der Waals surface area contributed by atoms with Gasteiger partial charge in [0.15, 0.2) is 0 Å². The number of halogens is 1. The van der Waals surface area contributed by atoms with Crippen LogP contribution in [0.2, 0.25) is 5.02 Å². The second-order valence-corrected chi connectivity index (χ2v) is 6.14. The second kappa shape index (κ2) is 8.02. The van der Waals surface area contributed by atoms with Gasteiger partial charge in [0.05, 0.1) is 0 Å². The van der Waals surface area contributed by atoms with Crippen LogP contribution in [0.1, 0.15) is 51.1 Å². The van der Waals surface area contributed by atoms with Gasteiger partial charge in [0.1, 0.15) is 0 Å². The molecule has 0 aromatic heterocycles. The summed E-state index contributed by atoms with van der Waals surface area (Å²) in [5.41, 5.74) is 1.35. The summed E-state index contributed by atoms with van der Waals surface area (Å²) >= 11 is 5.97. The zero-order chi connectivity index (χ0) is 14.4. The van der Waals surface area contributed by atoms with Crippen LogP contribution in [0.25, 0.3) is 0 Å². The molecule has 0 amide bonds. The first-order valence-corrected chi connectivity index (χ1v) is 8.35. The highest BCUT2D eigenvalue weighted by molar-refractivity contribution is 6.30. The molecule has 20 heavy (non-hydrogen) atoms. The normalized spacial score (nSPS) is 16.6. The average Bonchev–Trinajstić information content (AvgIpc) is 3.28. The Morgan fingerprint density at radius 3 is 2.50 bits per heavy atom. The fraction of sp³-hybridized carbons (Fsp3) is 0.647. The molecule has 2 rings (SSSR count). The van der Waals surface area contributed by atoms with Crippen molar-refractivity contribution < 1.29 is 0 Å². The molecule has 1 aliphatic rings. The molecule has 0 aliphatic heterocycles. The molecule has 0 radical (unpaired) electrons. The standard InChI is InChI=1S/C17H27ClN2/c1-3-5-17(14-6-8-15(18)9-7-14)19-12-13-20(4-2)16-10-11-16/h6-9,16-17,19H,3-5,10-13H2,1-2H3. The Morgan fingerprint density at radius 2 is 1.95 bits per heavy atom. The summed E-state index contributed by atoms with van der Waals surface area (Å²) in [6.07, 6.45) is 5.16. The molecule has 0 heterocycles. The van der Waals surface area contributed by atoms with Crippen LogP contribution in [0.5, 0.6) is 0 Å². The molecule has 1 unspecified atom stereocenters. The van der Waals surface area contributed by atoms with E-state index in [1.807, 2.05) is 12.1 Å². The van der Waals surface area contributed by atoms with E-state index < -0.39 is 0 Å². The summed E-state index contributed by atoms with van der Waals surface area (Å²) < 4.78 is 0. The molecule has 3 heteroatoms. The molecule has 0 bridgehead atoms. The molecule has 1 fully saturated rings. The van der Waals surface area contributed by atoms with E-state index in [0.29, 0.717) is 6.04 Å². The smallest absolute Gasteiger partial charge is 0.0406 e. The molecule has 1 N–H and O–H groups in total. The number of hydrogen-bond acceptors (Lipinski definition) is 2. The highest BCUT2D eigenvalue weighted by Gasteiger charge is 2.27. The summed E-state index contributed by atoms with van der Waals surface area (Å²) in [7, 11) is 0. The average molecular weight is 295 g/mol. The minimum absolute atomic E-state index is 0.454. The van der Waals surface area contributed by atoms with Gasteiger partial charge in [-0.15, -0.1) is 0 Å². The van der Waals surface area contributed by atoms with Crippen LogP contribution in [0.4, 0.5) is 0 Å². The summed E-state index contributed by atoms with van der Waals surface area (Å²) in [5.74, 6) is 0. The SMILES string of the molecule is CCCC(NCCN(CC)C1CC1)c1ccc(Cl)cc1. The molecule has 1 saturated carbocycles. The van der Waals surface area contributed by atoms with Crippen LogP contribution in [-0.2, 0) is 0 Å². The maximum atomic E-state index is 5.97. The van der Waals surface area contributed by atoms with Crippen molar-refractivity contribution in [3.8, 4) is 0 Å². The van der Waals surface area contributed by atoms with Crippen LogP contribution in [0, 0.1) is 0 Å². The Labute approximate surface area is 128 Å². The number of benzene rings is 1. The van der Waals surface area contributed by atoms with Crippen molar-refractivity contribution in [3.63, 3.8) is 0 Å². The van der Waals surface area contributed by atoms with Gasteiger partial charge in [-0.3, -0.25) is 4.90 Å². The zero-order valence-corrected chi connectivity index (χ0v) is 13.5. The lowest BCUT2D eigenvalue weighted by atomic mass is 10.0. The van der Waals surface area contributed by atoms with Crippen LogP contribution < -0.4 is 5.32 Å². The lowest BCUT2D eigenvalue weighted by molar-refractivity contribution is 0.271. The first-order chi connectivity index (χ1) is 9.74. The molecule has 1 aliphatic carbocycles. The Balaban J connectivity index is 1.83. The monoisotopic (exact) mass is 294 g/mol. The Kier molecular flexibility index (Phi) is 6.34. The van der Waals surface area contributed by atoms with E-state index in [4.69, 9.17) is 11.6 Å². The number of hydrogen-bond donors (Lipinski definition) is 1. The number of nitrogens with zero attached hydrogens (tertiary/aromatic N) is 1. The minimum atomic E-state index is 0.454. The van der Waals surface area contributed by atoms with Crippen molar-refractivity contribution in [1.29, 1.82) is 0 Å². The third kappa shape index (κ3) is 4.76. The molecule has 0 spiro atoms. The number of nitrogens with one attached hydrogen (secondary N) is 1. The summed E-state index contributed by atoms with van der Waals surface area (Å²) in [4.78, 5) is 2.60. The quantitative estimate of drug-likeness (QED) is 0.732. The van der Waals surface area contributed by atoms with Gasteiger partial charge in [-0.1, -0.05) is 44.0 Å². The van der Waals surface area contributed by atoms with Crippen molar-refractivity contribution in [3.05, 3.63) is 34.9 Å². The minimum Gasteiger partial charge on any atom is -0.309 e. The zero-order valence-electron chi connectivity index (χ0n) is 12.7. The molecule has 1 atom stereocenters. The van der Waals surface area contributed by atoms with E-state index in [1.165, 1.54) is 37.8 Å². The van der Waals surface area contributed by atoms with Gasteiger partial charge in [-0.25, -0.2) is 0 Å². The third-order valence-electron chi connectivity index (χ3n) is 4.11. The van der Waals surface area contributed by atoms with Crippen molar-refractivity contribution in [2.75, 3.05) is 19.6 Å².